The number of rotatable bonds is 9. The van der Waals surface area contributed by atoms with Crippen molar-refractivity contribution in [3.63, 3.8) is 0 Å². The third kappa shape index (κ3) is 6.82. The fourth-order valence-corrected chi connectivity index (χ4v) is 3.81. The topological polar surface area (TPSA) is 106 Å². The lowest BCUT2D eigenvalue weighted by Crippen LogP contribution is -2.51. The first kappa shape index (κ1) is 23.3. The van der Waals surface area contributed by atoms with Crippen molar-refractivity contribution in [2.45, 2.75) is 50.8 Å². The average Bonchev–Trinajstić information content (AvgIpc) is 2.83. The van der Waals surface area contributed by atoms with Crippen molar-refractivity contribution in [2.75, 3.05) is 13.2 Å². The van der Waals surface area contributed by atoms with Gasteiger partial charge < -0.3 is 20.1 Å². The van der Waals surface area contributed by atoms with Crippen LogP contribution in [0.4, 0.5) is 0 Å². The summed E-state index contributed by atoms with van der Waals surface area (Å²) < 4.78 is 11.0. The van der Waals surface area contributed by atoms with E-state index in [1.165, 1.54) is 0 Å². The maximum atomic E-state index is 12.9. The van der Waals surface area contributed by atoms with E-state index < -0.39 is 12.0 Å². The van der Waals surface area contributed by atoms with Gasteiger partial charge in [-0.1, -0.05) is 30.3 Å². The second kappa shape index (κ2) is 11.9. The SMILES string of the molecule is N#Cc1ccc(OCC[C@H]2CCCCN2C(=O)[C@@H](N)CC(=O)OCc2ccccc2)cc1. The van der Waals surface area contributed by atoms with Crippen LogP contribution in [0.15, 0.2) is 54.6 Å². The van der Waals surface area contributed by atoms with Gasteiger partial charge in [0, 0.05) is 19.0 Å². The molecule has 2 N–H and O–H groups in total. The van der Waals surface area contributed by atoms with Crippen molar-refractivity contribution in [3.05, 3.63) is 65.7 Å². The molecule has 0 bridgehead atoms. The molecule has 32 heavy (non-hydrogen) atoms. The summed E-state index contributed by atoms with van der Waals surface area (Å²) in [6.45, 7) is 1.25. The largest absolute Gasteiger partial charge is 0.494 e. The number of esters is 1. The number of benzene rings is 2. The van der Waals surface area contributed by atoms with Crippen LogP contribution in [0.1, 0.15) is 43.2 Å². The van der Waals surface area contributed by atoms with Crippen LogP contribution in [-0.2, 0) is 20.9 Å². The molecule has 2 aromatic carbocycles. The first-order chi connectivity index (χ1) is 15.6. The lowest BCUT2D eigenvalue weighted by Gasteiger charge is -2.37. The molecule has 0 aromatic heterocycles. The Morgan fingerprint density at radius 3 is 2.59 bits per heavy atom. The van der Waals surface area contributed by atoms with Crippen molar-refractivity contribution in [1.82, 2.24) is 4.90 Å². The third-order valence-electron chi connectivity index (χ3n) is 5.56. The second-order valence-electron chi connectivity index (χ2n) is 7.91. The summed E-state index contributed by atoms with van der Waals surface area (Å²) in [5.41, 5.74) is 7.55. The monoisotopic (exact) mass is 435 g/mol. The van der Waals surface area contributed by atoms with E-state index in [0.717, 1.165) is 24.8 Å². The summed E-state index contributed by atoms with van der Waals surface area (Å²) in [6, 6.07) is 17.5. The van der Waals surface area contributed by atoms with Crippen LogP contribution >= 0.6 is 0 Å². The Morgan fingerprint density at radius 2 is 1.88 bits per heavy atom. The smallest absolute Gasteiger partial charge is 0.308 e. The quantitative estimate of drug-likeness (QED) is 0.607. The van der Waals surface area contributed by atoms with Gasteiger partial charge in [-0.3, -0.25) is 9.59 Å². The summed E-state index contributed by atoms with van der Waals surface area (Å²) in [5.74, 6) is -0.00676. The van der Waals surface area contributed by atoms with E-state index in [9.17, 15) is 9.59 Å². The highest BCUT2D eigenvalue weighted by atomic mass is 16.5. The van der Waals surface area contributed by atoms with E-state index in [-0.39, 0.29) is 25.0 Å². The molecule has 0 aliphatic carbocycles. The lowest BCUT2D eigenvalue weighted by molar-refractivity contribution is -0.149. The molecular weight excluding hydrogens is 406 g/mol. The molecule has 7 nitrogen and oxygen atoms in total. The molecule has 2 aromatic rings. The second-order valence-corrected chi connectivity index (χ2v) is 7.91. The number of nitriles is 1. The average molecular weight is 436 g/mol. The van der Waals surface area contributed by atoms with Crippen LogP contribution in [0.3, 0.4) is 0 Å². The van der Waals surface area contributed by atoms with Crippen LogP contribution in [0.25, 0.3) is 0 Å². The van der Waals surface area contributed by atoms with Gasteiger partial charge in [-0.15, -0.1) is 0 Å². The van der Waals surface area contributed by atoms with Crippen LogP contribution in [-0.4, -0.2) is 42.0 Å². The Kier molecular flexibility index (Phi) is 8.64. The molecule has 1 aliphatic rings. The zero-order valence-corrected chi connectivity index (χ0v) is 18.1. The highest BCUT2D eigenvalue weighted by molar-refractivity contribution is 5.86. The summed E-state index contributed by atoms with van der Waals surface area (Å²) in [4.78, 5) is 26.9. The molecule has 2 atom stereocenters. The highest BCUT2D eigenvalue weighted by Crippen LogP contribution is 2.22. The van der Waals surface area contributed by atoms with Gasteiger partial charge in [-0.05, 0) is 49.1 Å². The normalized spacial score (nSPS) is 16.6. The number of ether oxygens (including phenoxy) is 2. The van der Waals surface area contributed by atoms with Crippen LogP contribution in [0.2, 0.25) is 0 Å². The molecule has 0 radical (unpaired) electrons. The van der Waals surface area contributed by atoms with Gasteiger partial charge in [-0.25, -0.2) is 0 Å². The minimum Gasteiger partial charge on any atom is -0.494 e. The van der Waals surface area contributed by atoms with Crippen molar-refractivity contribution >= 4 is 11.9 Å². The van der Waals surface area contributed by atoms with E-state index in [1.54, 1.807) is 29.2 Å². The Morgan fingerprint density at radius 1 is 1.12 bits per heavy atom. The fourth-order valence-electron chi connectivity index (χ4n) is 3.81. The molecule has 1 amide bonds. The maximum absolute atomic E-state index is 12.9. The number of amides is 1. The number of likely N-dealkylation sites (tertiary alicyclic amines) is 1. The molecule has 1 saturated heterocycles. The lowest BCUT2D eigenvalue weighted by atomic mass is 9.98. The van der Waals surface area contributed by atoms with Gasteiger partial charge in [0.1, 0.15) is 12.4 Å². The van der Waals surface area contributed by atoms with Crippen molar-refractivity contribution < 1.29 is 19.1 Å². The molecule has 1 heterocycles. The number of carbonyl (C=O) groups excluding carboxylic acids is 2. The molecular formula is C25H29N3O4. The van der Waals surface area contributed by atoms with Crippen molar-refractivity contribution in [2.24, 2.45) is 5.73 Å². The van der Waals surface area contributed by atoms with E-state index in [1.807, 2.05) is 30.3 Å². The van der Waals surface area contributed by atoms with Gasteiger partial charge in [0.05, 0.1) is 30.7 Å². The number of nitrogens with zero attached hydrogens (tertiary/aromatic N) is 2. The third-order valence-corrected chi connectivity index (χ3v) is 5.56. The van der Waals surface area contributed by atoms with Crippen LogP contribution in [0, 0.1) is 11.3 Å². The number of hydrogen-bond donors (Lipinski definition) is 1. The van der Waals surface area contributed by atoms with Crippen LogP contribution in [0.5, 0.6) is 5.75 Å². The zero-order valence-electron chi connectivity index (χ0n) is 18.1. The highest BCUT2D eigenvalue weighted by Gasteiger charge is 2.31. The first-order valence-electron chi connectivity index (χ1n) is 11.0. The van der Waals surface area contributed by atoms with Crippen molar-refractivity contribution in [1.29, 1.82) is 5.26 Å². The number of nitrogens with two attached hydrogens (primary N) is 1. The van der Waals surface area contributed by atoms with Crippen LogP contribution < -0.4 is 10.5 Å². The molecule has 1 aliphatic heterocycles. The predicted molar refractivity (Wildman–Crippen MR) is 119 cm³/mol. The molecule has 0 spiro atoms. The number of carbonyl (C=O) groups is 2. The standard InChI is InChI=1S/C25H29N3O4/c26-17-19-9-11-22(12-10-19)31-15-13-21-8-4-5-14-28(21)25(30)23(27)16-24(29)32-18-20-6-2-1-3-7-20/h1-3,6-7,9-12,21,23H,4-5,8,13-16,18,27H2/t21-,23+/m1/s1. The minimum atomic E-state index is -0.918. The summed E-state index contributed by atoms with van der Waals surface area (Å²) in [5, 5.41) is 8.87. The van der Waals surface area contributed by atoms with E-state index in [2.05, 4.69) is 6.07 Å². The zero-order chi connectivity index (χ0) is 22.8. The summed E-state index contributed by atoms with van der Waals surface area (Å²) in [6.07, 6.45) is 3.38. The van der Waals surface area contributed by atoms with Gasteiger partial charge in [0.15, 0.2) is 0 Å². The van der Waals surface area contributed by atoms with E-state index >= 15 is 0 Å². The van der Waals surface area contributed by atoms with Gasteiger partial charge in [-0.2, -0.15) is 5.26 Å². The van der Waals surface area contributed by atoms with Crippen molar-refractivity contribution in [3.8, 4) is 11.8 Å². The Bertz CT molecular complexity index is 924. The molecule has 0 saturated carbocycles. The molecule has 168 valence electrons. The maximum Gasteiger partial charge on any atom is 0.308 e. The number of piperidine rings is 1. The fraction of sp³-hybridized carbons (Fsp3) is 0.400. The minimum absolute atomic E-state index is 0.0287. The van der Waals surface area contributed by atoms with E-state index in [4.69, 9.17) is 20.5 Å². The predicted octanol–water partition coefficient (Wildman–Crippen LogP) is 3.17. The van der Waals surface area contributed by atoms with Gasteiger partial charge in [0.2, 0.25) is 5.91 Å². The molecule has 0 unspecified atom stereocenters. The Hall–Kier alpha value is -3.37. The summed E-state index contributed by atoms with van der Waals surface area (Å²) >= 11 is 0. The Balaban J connectivity index is 1.46. The Labute approximate surface area is 188 Å². The van der Waals surface area contributed by atoms with Gasteiger partial charge >= 0.3 is 5.97 Å². The molecule has 1 fully saturated rings. The summed E-state index contributed by atoms with van der Waals surface area (Å²) in [7, 11) is 0. The molecule has 7 heteroatoms. The number of hydrogen-bond acceptors (Lipinski definition) is 6. The first-order valence-corrected chi connectivity index (χ1v) is 11.0. The van der Waals surface area contributed by atoms with Gasteiger partial charge in [0.25, 0.3) is 0 Å². The molecule has 3 rings (SSSR count). The van der Waals surface area contributed by atoms with E-state index in [0.29, 0.717) is 30.9 Å².